The fraction of sp³-hybridized carbons (Fsp3) is 0.412. The van der Waals surface area contributed by atoms with E-state index in [1.807, 2.05) is 19.9 Å². The summed E-state index contributed by atoms with van der Waals surface area (Å²) in [7, 11) is 0. The summed E-state index contributed by atoms with van der Waals surface area (Å²) in [5, 5.41) is 20.2. The number of hydrogen-bond donors (Lipinski definition) is 2. The van der Waals surface area contributed by atoms with Crippen LogP contribution in [0.1, 0.15) is 37.5 Å². The van der Waals surface area contributed by atoms with Crippen molar-refractivity contribution in [1.82, 2.24) is 0 Å². The Morgan fingerprint density at radius 1 is 0.947 bits per heavy atom. The molecule has 0 fully saturated rings. The molecule has 2 N–H and O–H groups in total. The van der Waals surface area contributed by atoms with Gasteiger partial charge in [-0.1, -0.05) is 47.9 Å². The molecule has 0 amide bonds. The van der Waals surface area contributed by atoms with Crippen molar-refractivity contribution in [3.8, 4) is 0 Å². The lowest BCUT2D eigenvalue weighted by atomic mass is 9.78. The van der Waals surface area contributed by atoms with E-state index in [1.165, 1.54) is 11.1 Å². The summed E-state index contributed by atoms with van der Waals surface area (Å²) in [6.07, 6.45) is 1.89. The van der Waals surface area contributed by atoms with Crippen LogP contribution < -0.4 is 0 Å². The van der Waals surface area contributed by atoms with Crippen LogP contribution in [-0.4, -0.2) is 16.0 Å². The first kappa shape index (κ1) is 14.0. The molecule has 0 spiro atoms. The molecule has 2 nitrogen and oxygen atoms in total. The van der Waals surface area contributed by atoms with Crippen molar-refractivity contribution < 1.29 is 10.2 Å². The second-order valence-electron chi connectivity index (χ2n) is 5.75. The summed E-state index contributed by atoms with van der Waals surface area (Å²) >= 11 is 0. The van der Waals surface area contributed by atoms with Crippen molar-refractivity contribution in [3.05, 3.63) is 52.1 Å². The number of allylic oxidation sites excluding steroid dienone is 2. The van der Waals surface area contributed by atoms with Gasteiger partial charge in [-0.15, -0.1) is 0 Å². The number of benzene rings is 1. The van der Waals surface area contributed by atoms with Gasteiger partial charge in [0.2, 0.25) is 0 Å². The largest absolute Gasteiger partial charge is 0.362 e. The Bertz CT molecular complexity index is 557. The van der Waals surface area contributed by atoms with E-state index in [-0.39, 0.29) is 5.92 Å². The molecule has 1 aromatic carbocycles. The Kier molecular flexibility index (Phi) is 3.41. The Labute approximate surface area is 115 Å². The molecule has 0 aliphatic heterocycles. The second-order valence-corrected chi connectivity index (χ2v) is 5.75. The molecule has 1 aromatic rings. The van der Waals surface area contributed by atoms with Crippen LogP contribution in [0.4, 0.5) is 0 Å². The quantitative estimate of drug-likeness (QED) is 0.758. The average molecular weight is 258 g/mol. The van der Waals surface area contributed by atoms with Gasteiger partial charge < -0.3 is 10.2 Å². The normalized spacial score (nSPS) is 22.5. The summed E-state index contributed by atoms with van der Waals surface area (Å²) in [6.45, 7) is 9.76. The monoisotopic (exact) mass is 258 g/mol. The first-order chi connectivity index (χ1) is 8.73. The molecule has 1 unspecified atom stereocenters. The number of aryl methyl sites for hydroxylation is 2. The number of rotatable bonds is 1. The molecule has 0 saturated heterocycles. The summed E-state index contributed by atoms with van der Waals surface area (Å²) in [4.78, 5) is 0. The molecular weight excluding hydrogens is 236 g/mol. The SMILES string of the molecule is CC1=CC(c2cc(C)cc(C)c2)=C(C)C(C)C1(O)O. The number of hydrogen-bond acceptors (Lipinski definition) is 2. The zero-order chi connectivity index (χ0) is 14.4. The summed E-state index contributed by atoms with van der Waals surface area (Å²) < 4.78 is 0. The minimum Gasteiger partial charge on any atom is -0.362 e. The standard InChI is InChI=1S/C17H22O2/c1-10-6-11(2)8-15(7-10)16-9-12(3)17(18,19)14(5)13(16)4/h6-9,14,18-19H,1-5H3. The van der Waals surface area contributed by atoms with Crippen LogP contribution in [0.25, 0.3) is 5.57 Å². The third kappa shape index (κ3) is 2.38. The van der Waals surface area contributed by atoms with Gasteiger partial charge >= 0.3 is 0 Å². The van der Waals surface area contributed by atoms with Crippen LogP contribution >= 0.6 is 0 Å². The molecular formula is C17H22O2. The lowest BCUT2D eigenvalue weighted by Crippen LogP contribution is -2.40. The predicted octanol–water partition coefficient (Wildman–Crippen LogP) is 3.35. The van der Waals surface area contributed by atoms with Crippen LogP contribution in [0.5, 0.6) is 0 Å². The van der Waals surface area contributed by atoms with E-state index in [2.05, 4.69) is 32.0 Å². The zero-order valence-electron chi connectivity index (χ0n) is 12.3. The summed E-state index contributed by atoms with van der Waals surface area (Å²) in [5.41, 5.74) is 6.31. The van der Waals surface area contributed by atoms with E-state index in [1.54, 1.807) is 6.92 Å². The van der Waals surface area contributed by atoms with Crippen LogP contribution in [-0.2, 0) is 0 Å². The highest BCUT2D eigenvalue weighted by Crippen LogP contribution is 2.39. The zero-order valence-corrected chi connectivity index (χ0v) is 12.3. The molecule has 102 valence electrons. The molecule has 1 aliphatic rings. The maximum atomic E-state index is 10.1. The molecule has 19 heavy (non-hydrogen) atoms. The Morgan fingerprint density at radius 3 is 2.00 bits per heavy atom. The molecule has 0 bridgehead atoms. The highest BCUT2D eigenvalue weighted by molar-refractivity contribution is 5.79. The highest BCUT2D eigenvalue weighted by atomic mass is 16.5. The maximum Gasteiger partial charge on any atom is 0.192 e. The maximum absolute atomic E-state index is 10.1. The first-order valence-corrected chi connectivity index (χ1v) is 6.66. The molecule has 1 atom stereocenters. The molecule has 1 aliphatic carbocycles. The second kappa shape index (κ2) is 4.62. The average Bonchev–Trinajstić information content (AvgIpc) is 2.30. The van der Waals surface area contributed by atoms with Crippen molar-refractivity contribution in [2.45, 2.75) is 40.4 Å². The topological polar surface area (TPSA) is 40.5 Å². The Morgan fingerprint density at radius 2 is 1.47 bits per heavy atom. The van der Waals surface area contributed by atoms with Gasteiger partial charge in [0.05, 0.1) is 0 Å². The van der Waals surface area contributed by atoms with E-state index in [0.717, 1.165) is 16.7 Å². The fourth-order valence-corrected chi connectivity index (χ4v) is 2.75. The molecule has 2 heteroatoms. The molecule has 0 radical (unpaired) electrons. The predicted molar refractivity (Wildman–Crippen MR) is 78.6 cm³/mol. The van der Waals surface area contributed by atoms with Gasteiger partial charge in [-0.3, -0.25) is 0 Å². The summed E-state index contributed by atoms with van der Waals surface area (Å²) in [5.74, 6) is -2.03. The van der Waals surface area contributed by atoms with Crippen LogP contribution in [0, 0.1) is 19.8 Å². The van der Waals surface area contributed by atoms with Crippen molar-refractivity contribution >= 4 is 5.57 Å². The van der Waals surface area contributed by atoms with Crippen molar-refractivity contribution in [2.24, 2.45) is 5.92 Å². The van der Waals surface area contributed by atoms with E-state index in [4.69, 9.17) is 0 Å². The highest BCUT2D eigenvalue weighted by Gasteiger charge is 2.38. The van der Waals surface area contributed by atoms with Gasteiger partial charge in [-0.2, -0.15) is 0 Å². The minimum atomic E-state index is -1.73. The Balaban J connectivity index is 2.59. The molecule has 0 saturated carbocycles. The van der Waals surface area contributed by atoms with Gasteiger partial charge in [0.1, 0.15) is 0 Å². The van der Waals surface area contributed by atoms with Crippen LogP contribution in [0.2, 0.25) is 0 Å². The van der Waals surface area contributed by atoms with Crippen molar-refractivity contribution in [1.29, 1.82) is 0 Å². The number of aliphatic hydroxyl groups is 2. The van der Waals surface area contributed by atoms with Gasteiger partial charge in [0.25, 0.3) is 0 Å². The first-order valence-electron chi connectivity index (χ1n) is 6.66. The minimum absolute atomic E-state index is 0.298. The van der Waals surface area contributed by atoms with Gasteiger partial charge in [0, 0.05) is 5.92 Å². The van der Waals surface area contributed by atoms with Crippen LogP contribution in [0.3, 0.4) is 0 Å². The van der Waals surface area contributed by atoms with E-state index < -0.39 is 5.79 Å². The van der Waals surface area contributed by atoms with E-state index >= 15 is 0 Å². The lowest BCUT2D eigenvalue weighted by Gasteiger charge is -2.35. The molecule has 2 rings (SSSR count). The van der Waals surface area contributed by atoms with E-state index in [9.17, 15) is 10.2 Å². The van der Waals surface area contributed by atoms with Gasteiger partial charge in [-0.05, 0) is 44.4 Å². The van der Waals surface area contributed by atoms with Crippen molar-refractivity contribution in [2.75, 3.05) is 0 Å². The Hall–Kier alpha value is -1.38. The smallest absolute Gasteiger partial charge is 0.192 e. The third-order valence-corrected chi connectivity index (χ3v) is 4.15. The molecule has 0 aromatic heterocycles. The molecule has 0 heterocycles. The van der Waals surface area contributed by atoms with Crippen LogP contribution in [0.15, 0.2) is 35.4 Å². The van der Waals surface area contributed by atoms with E-state index in [0.29, 0.717) is 5.57 Å². The van der Waals surface area contributed by atoms with Gasteiger partial charge in [0.15, 0.2) is 5.79 Å². The fourth-order valence-electron chi connectivity index (χ4n) is 2.75. The van der Waals surface area contributed by atoms with Gasteiger partial charge in [-0.25, -0.2) is 0 Å². The lowest BCUT2D eigenvalue weighted by molar-refractivity contribution is -0.155. The summed E-state index contributed by atoms with van der Waals surface area (Å²) in [6, 6.07) is 6.43. The van der Waals surface area contributed by atoms with Crippen molar-refractivity contribution in [3.63, 3.8) is 0 Å². The third-order valence-electron chi connectivity index (χ3n) is 4.15.